The Morgan fingerprint density at radius 2 is 1.97 bits per heavy atom. The summed E-state index contributed by atoms with van der Waals surface area (Å²) in [6, 6.07) is 13.4. The van der Waals surface area contributed by atoms with Gasteiger partial charge in [-0.25, -0.2) is 4.79 Å². The van der Waals surface area contributed by atoms with Crippen LogP contribution in [0.4, 0.5) is 16.2 Å². The second-order valence-electron chi connectivity index (χ2n) is 9.02. The number of benzene rings is 2. The van der Waals surface area contributed by atoms with Crippen LogP contribution in [0.25, 0.3) is 0 Å². The summed E-state index contributed by atoms with van der Waals surface area (Å²) >= 11 is 0. The molecule has 0 radical (unpaired) electrons. The SMILES string of the molecule is CC(C)c1ccc(NC(=O)Oc2ccc3c(c2)[C@]2(C)CC[N@@+](C)([O-])[C@@H]2N3C)cc1. The molecule has 0 unspecified atom stereocenters. The zero-order valence-electron chi connectivity index (χ0n) is 17.7. The molecule has 0 aliphatic carbocycles. The Bertz CT molecular complexity index is 939. The number of ether oxygens (including phenoxy) is 1. The van der Waals surface area contributed by atoms with Gasteiger partial charge in [0, 0.05) is 24.8 Å². The summed E-state index contributed by atoms with van der Waals surface area (Å²) < 4.78 is 5.28. The van der Waals surface area contributed by atoms with Gasteiger partial charge in [-0.3, -0.25) is 5.32 Å². The first-order valence-corrected chi connectivity index (χ1v) is 10.1. The number of hydrogen-bond acceptors (Lipinski definition) is 4. The third kappa shape index (κ3) is 3.26. The first kappa shape index (κ1) is 19.7. The van der Waals surface area contributed by atoms with Crippen molar-refractivity contribution in [2.24, 2.45) is 0 Å². The summed E-state index contributed by atoms with van der Waals surface area (Å²) in [6.07, 6.45) is 0.138. The second-order valence-corrected chi connectivity index (χ2v) is 9.02. The molecule has 0 saturated carbocycles. The van der Waals surface area contributed by atoms with Gasteiger partial charge in [0.05, 0.1) is 19.0 Å². The lowest BCUT2D eigenvalue weighted by Gasteiger charge is -2.44. The van der Waals surface area contributed by atoms with Gasteiger partial charge in [-0.2, -0.15) is 0 Å². The van der Waals surface area contributed by atoms with E-state index in [0.717, 1.165) is 17.7 Å². The van der Waals surface area contributed by atoms with Crippen LogP contribution in [0.1, 0.15) is 44.2 Å². The van der Waals surface area contributed by atoms with Crippen LogP contribution in [0.15, 0.2) is 42.5 Å². The van der Waals surface area contributed by atoms with Crippen molar-refractivity contribution >= 4 is 17.5 Å². The van der Waals surface area contributed by atoms with Crippen LogP contribution in [0.3, 0.4) is 0 Å². The molecule has 1 N–H and O–H groups in total. The fourth-order valence-electron chi connectivity index (χ4n) is 5.05. The normalized spacial score (nSPS) is 27.7. The average molecular weight is 396 g/mol. The van der Waals surface area contributed by atoms with Crippen LogP contribution < -0.4 is 15.0 Å². The number of rotatable bonds is 3. The number of hydroxylamine groups is 3. The van der Waals surface area contributed by atoms with Gasteiger partial charge in [-0.1, -0.05) is 26.0 Å². The highest BCUT2D eigenvalue weighted by Gasteiger charge is 2.58. The molecule has 6 nitrogen and oxygen atoms in total. The maximum absolute atomic E-state index is 12.9. The van der Waals surface area contributed by atoms with E-state index < -0.39 is 6.09 Å². The number of nitrogens with zero attached hydrogens (tertiary/aromatic N) is 2. The van der Waals surface area contributed by atoms with Crippen LogP contribution in [-0.4, -0.2) is 37.5 Å². The number of amides is 1. The lowest BCUT2D eigenvalue weighted by molar-refractivity contribution is -0.874. The molecule has 4 rings (SSSR count). The molecule has 1 amide bonds. The van der Waals surface area contributed by atoms with Crippen LogP contribution in [0, 0.1) is 5.21 Å². The quantitative estimate of drug-likeness (QED) is 0.599. The first-order valence-electron chi connectivity index (χ1n) is 10.1. The molecule has 0 bridgehead atoms. The van der Waals surface area contributed by atoms with Crippen LogP contribution in [-0.2, 0) is 5.41 Å². The van der Waals surface area contributed by atoms with E-state index >= 15 is 0 Å². The third-order valence-electron chi connectivity index (χ3n) is 6.53. The predicted octanol–water partition coefficient (Wildman–Crippen LogP) is 4.80. The number of quaternary nitrogens is 1. The average Bonchev–Trinajstić information content (AvgIpc) is 3.04. The maximum Gasteiger partial charge on any atom is 0.417 e. The summed E-state index contributed by atoms with van der Waals surface area (Å²) in [5, 5.41) is 15.7. The number of hydrogen-bond donors (Lipinski definition) is 1. The molecule has 3 atom stereocenters. The van der Waals surface area contributed by atoms with E-state index in [1.165, 1.54) is 5.56 Å². The second kappa shape index (κ2) is 6.75. The van der Waals surface area contributed by atoms with Gasteiger partial charge in [-0.15, -0.1) is 0 Å². The van der Waals surface area contributed by atoms with E-state index in [1.807, 2.05) is 43.4 Å². The van der Waals surface area contributed by atoms with E-state index in [9.17, 15) is 10.0 Å². The fourth-order valence-corrected chi connectivity index (χ4v) is 5.05. The molecule has 29 heavy (non-hydrogen) atoms. The summed E-state index contributed by atoms with van der Waals surface area (Å²) in [5.74, 6) is 0.929. The Morgan fingerprint density at radius 3 is 2.62 bits per heavy atom. The van der Waals surface area contributed by atoms with Crippen molar-refractivity contribution in [3.63, 3.8) is 0 Å². The number of carbonyl (C=O) groups excluding carboxylic acids is 1. The monoisotopic (exact) mass is 395 g/mol. The molecule has 6 heteroatoms. The lowest BCUT2D eigenvalue weighted by atomic mass is 9.81. The minimum atomic E-state index is -0.522. The van der Waals surface area contributed by atoms with Gasteiger partial charge < -0.3 is 19.5 Å². The third-order valence-corrected chi connectivity index (χ3v) is 6.53. The molecule has 2 aliphatic rings. The fraction of sp³-hybridized carbons (Fsp3) is 0.435. The Labute approximate surface area is 172 Å². The minimum absolute atomic E-state index is 0.152. The maximum atomic E-state index is 12.9. The molecule has 2 aromatic carbocycles. The molecule has 2 aromatic rings. The van der Waals surface area contributed by atoms with E-state index in [1.54, 1.807) is 13.1 Å². The summed E-state index contributed by atoms with van der Waals surface area (Å²) in [6.45, 7) is 6.99. The summed E-state index contributed by atoms with van der Waals surface area (Å²) in [5.41, 5.74) is 3.78. The molecular weight excluding hydrogens is 366 g/mol. The van der Waals surface area contributed by atoms with Crippen molar-refractivity contribution in [3.8, 4) is 5.75 Å². The Kier molecular flexibility index (Phi) is 4.59. The molecule has 0 spiro atoms. The molecule has 2 heterocycles. The van der Waals surface area contributed by atoms with Crippen molar-refractivity contribution in [1.29, 1.82) is 0 Å². The number of likely N-dealkylation sites (N-methyl/N-ethyl adjacent to an activating group) is 2. The lowest BCUT2D eigenvalue weighted by Crippen LogP contribution is -2.54. The van der Waals surface area contributed by atoms with Crippen molar-refractivity contribution in [3.05, 3.63) is 58.8 Å². The molecule has 2 aliphatic heterocycles. The predicted molar refractivity (Wildman–Crippen MR) is 115 cm³/mol. The van der Waals surface area contributed by atoms with Gasteiger partial charge in [0.2, 0.25) is 0 Å². The molecule has 0 aromatic heterocycles. The summed E-state index contributed by atoms with van der Waals surface area (Å²) in [7, 11) is 3.72. The molecule has 1 saturated heterocycles. The van der Waals surface area contributed by atoms with Crippen molar-refractivity contribution in [1.82, 2.24) is 0 Å². The van der Waals surface area contributed by atoms with Crippen molar-refractivity contribution < 1.29 is 14.2 Å². The van der Waals surface area contributed by atoms with Crippen LogP contribution in [0.2, 0.25) is 0 Å². The molecular formula is C23H29N3O3. The zero-order chi connectivity index (χ0) is 21.0. The number of fused-ring (bicyclic) bond motifs is 3. The Balaban J connectivity index is 1.51. The van der Waals surface area contributed by atoms with E-state index in [2.05, 4.69) is 31.0 Å². The Morgan fingerprint density at radius 1 is 1.28 bits per heavy atom. The minimum Gasteiger partial charge on any atom is -0.631 e. The van der Waals surface area contributed by atoms with Gasteiger partial charge in [0.1, 0.15) is 5.75 Å². The van der Waals surface area contributed by atoms with Crippen LogP contribution >= 0.6 is 0 Å². The number of anilines is 2. The van der Waals surface area contributed by atoms with Gasteiger partial charge in [-0.05, 0) is 54.3 Å². The standard InChI is InChI=1S/C23H29N3O3/c1-15(2)16-6-8-17(9-7-16)24-22(27)29-18-10-11-20-19(14-18)23(3)12-13-26(5,28)21(23)25(20)4/h6-11,14-15,21H,12-13H2,1-5H3,(H,24,27)/t21-,23-,26+/m0/s1. The van der Waals surface area contributed by atoms with E-state index in [-0.39, 0.29) is 16.2 Å². The van der Waals surface area contributed by atoms with Gasteiger partial charge in [0.25, 0.3) is 0 Å². The summed E-state index contributed by atoms with van der Waals surface area (Å²) in [4.78, 5) is 14.5. The van der Waals surface area contributed by atoms with Crippen molar-refractivity contribution in [2.75, 3.05) is 30.9 Å². The largest absolute Gasteiger partial charge is 0.631 e. The van der Waals surface area contributed by atoms with E-state index in [4.69, 9.17) is 4.74 Å². The Hall–Kier alpha value is -2.57. The van der Waals surface area contributed by atoms with Gasteiger partial charge >= 0.3 is 6.09 Å². The van der Waals surface area contributed by atoms with E-state index in [0.29, 0.717) is 23.9 Å². The van der Waals surface area contributed by atoms with Crippen LogP contribution in [0.5, 0.6) is 5.75 Å². The highest BCUT2D eigenvalue weighted by molar-refractivity contribution is 5.86. The van der Waals surface area contributed by atoms with Gasteiger partial charge in [0.15, 0.2) is 6.17 Å². The highest BCUT2D eigenvalue weighted by Crippen LogP contribution is 2.54. The number of carbonyl (C=O) groups is 1. The number of nitrogens with one attached hydrogen (secondary N) is 1. The van der Waals surface area contributed by atoms with Crippen molar-refractivity contribution in [2.45, 2.75) is 44.7 Å². The first-order chi connectivity index (χ1) is 13.6. The molecule has 1 fully saturated rings. The zero-order valence-corrected chi connectivity index (χ0v) is 17.7. The highest BCUT2D eigenvalue weighted by atomic mass is 16.6. The molecule has 154 valence electrons. The smallest absolute Gasteiger partial charge is 0.417 e. The topological polar surface area (TPSA) is 64.6 Å². The number of likely N-dealkylation sites (tertiary alicyclic amines) is 1.